The van der Waals surface area contributed by atoms with Gasteiger partial charge in [-0.1, -0.05) is 66.7 Å². The standard InChI is InChI=1S/C23H14O4/c24-19-12-18(15-11-5-7-13-6-1-2-8-14(13)15)20-21(25)16-9-3-4-10-17(16)22(26)23(20)27-19/h1-11,18H,12H2. The smallest absolute Gasteiger partial charge is 0.312 e. The van der Waals surface area contributed by atoms with Gasteiger partial charge in [0.05, 0.1) is 12.0 Å². The predicted octanol–water partition coefficient (Wildman–Crippen LogP) is 4.20. The number of hydrogen-bond acceptors (Lipinski definition) is 4. The number of ether oxygens (including phenoxy) is 1. The van der Waals surface area contributed by atoms with Crippen LogP contribution in [0.1, 0.15) is 38.6 Å². The minimum absolute atomic E-state index is 0.0357. The average molecular weight is 354 g/mol. The summed E-state index contributed by atoms with van der Waals surface area (Å²) in [6.45, 7) is 0. The van der Waals surface area contributed by atoms with Crippen LogP contribution in [0.3, 0.4) is 0 Å². The molecule has 1 heterocycles. The van der Waals surface area contributed by atoms with Crippen LogP contribution in [0.5, 0.6) is 0 Å². The van der Waals surface area contributed by atoms with Crippen LogP contribution in [0.15, 0.2) is 78.1 Å². The number of hydrogen-bond donors (Lipinski definition) is 0. The number of fused-ring (bicyclic) bond motifs is 2. The first-order valence-electron chi connectivity index (χ1n) is 8.76. The summed E-state index contributed by atoms with van der Waals surface area (Å²) in [5.74, 6) is -1.76. The second-order valence-corrected chi connectivity index (χ2v) is 6.75. The van der Waals surface area contributed by atoms with E-state index in [9.17, 15) is 14.4 Å². The zero-order chi connectivity index (χ0) is 18.5. The summed E-state index contributed by atoms with van der Waals surface area (Å²) < 4.78 is 5.26. The molecule has 27 heavy (non-hydrogen) atoms. The van der Waals surface area contributed by atoms with Gasteiger partial charge < -0.3 is 4.74 Å². The van der Waals surface area contributed by atoms with Crippen molar-refractivity contribution in [3.63, 3.8) is 0 Å². The number of rotatable bonds is 1. The Morgan fingerprint density at radius 1 is 0.741 bits per heavy atom. The van der Waals surface area contributed by atoms with E-state index in [1.807, 2.05) is 42.5 Å². The molecule has 0 radical (unpaired) electrons. The lowest BCUT2D eigenvalue weighted by molar-refractivity contribution is -0.140. The number of ketones is 2. The third-order valence-electron chi connectivity index (χ3n) is 5.25. The molecule has 0 N–H and O–H groups in total. The Hall–Kier alpha value is -3.53. The van der Waals surface area contributed by atoms with Gasteiger partial charge in [-0.25, -0.2) is 0 Å². The first kappa shape index (κ1) is 15.7. The quantitative estimate of drug-likeness (QED) is 0.615. The molecule has 4 heteroatoms. The summed E-state index contributed by atoms with van der Waals surface area (Å²) >= 11 is 0. The highest BCUT2D eigenvalue weighted by Crippen LogP contribution is 2.43. The van der Waals surface area contributed by atoms with E-state index in [1.54, 1.807) is 24.3 Å². The predicted molar refractivity (Wildman–Crippen MR) is 99.5 cm³/mol. The zero-order valence-electron chi connectivity index (χ0n) is 14.3. The Bertz CT molecular complexity index is 1180. The number of benzene rings is 3. The molecule has 1 aliphatic carbocycles. The van der Waals surface area contributed by atoms with Crippen LogP contribution in [0.2, 0.25) is 0 Å². The van der Waals surface area contributed by atoms with Crippen molar-refractivity contribution >= 4 is 28.3 Å². The van der Waals surface area contributed by atoms with Crippen LogP contribution < -0.4 is 0 Å². The van der Waals surface area contributed by atoms with Gasteiger partial charge in [-0.05, 0) is 16.3 Å². The largest absolute Gasteiger partial charge is 0.422 e. The number of allylic oxidation sites excluding steroid dienone is 2. The summed E-state index contributed by atoms with van der Waals surface area (Å²) in [4.78, 5) is 38.4. The molecule has 1 unspecified atom stereocenters. The van der Waals surface area contributed by atoms with Gasteiger partial charge in [0.2, 0.25) is 5.78 Å². The fourth-order valence-electron chi connectivity index (χ4n) is 4.03. The first-order chi connectivity index (χ1) is 13.1. The van der Waals surface area contributed by atoms with E-state index in [0.717, 1.165) is 16.3 Å². The highest BCUT2D eigenvalue weighted by atomic mass is 16.5. The van der Waals surface area contributed by atoms with Gasteiger partial charge in [0.1, 0.15) is 0 Å². The normalized spacial score (nSPS) is 19.0. The van der Waals surface area contributed by atoms with Crippen molar-refractivity contribution in [1.82, 2.24) is 0 Å². The molecule has 1 aliphatic heterocycles. The van der Waals surface area contributed by atoms with E-state index in [2.05, 4.69) is 0 Å². The topological polar surface area (TPSA) is 60.4 Å². The summed E-state index contributed by atoms with van der Waals surface area (Å²) in [6.07, 6.45) is 0.0357. The van der Waals surface area contributed by atoms with Gasteiger partial charge in [-0.15, -0.1) is 0 Å². The molecule has 2 aliphatic rings. The monoisotopic (exact) mass is 354 g/mol. The van der Waals surface area contributed by atoms with Crippen molar-refractivity contribution in [3.8, 4) is 0 Å². The van der Waals surface area contributed by atoms with Crippen LogP contribution >= 0.6 is 0 Å². The summed E-state index contributed by atoms with van der Waals surface area (Å²) in [5, 5.41) is 1.98. The lowest BCUT2D eigenvalue weighted by atomic mass is 9.76. The van der Waals surface area contributed by atoms with Gasteiger partial charge >= 0.3 is 5.97 Å². The maximum Gasteiger partial charge on any atom is 0.312 e. The molecule has 5 rings (SSSR count). The van der Waals surface area contributed by atoms with Crippen LogP contribution in [-0.4, -0.2) is 17.5 Å². The Morgan fingerprint density at radius 2 is 1.41 bits per heavy atom. The summed E-state index contributed by atoms with van der Waals surface area (Å²) in [6, 6.07) is 20.3. The van der Waals surface area contributed by atoms with E-state index in [1.165, 1.54) is 0 Å². The van der Waals surface area contributed by atoms with E-state index in [-0.39, 0.29) is 29.1 Å². The van der Waals surface area contributed by atoms with E-state index in [4.69, 9.17) is 4.74 Å². The maximum absolute atomic E-state index is 13.2. The molecule has 0 amide bonds. The van der Waals surface area contributed by atoms with Gasteiger partial charge in [-0.2, -0.15) is 0 Å². The molecule has 3 aromatic rings. The van der Waals surface area contributed by atoms with Crippen LogP contribution in [0.25, 0.3) is 10.8 Å². The van der Waals surface area contributed by atoms with Gasteiger partial charge in [0, 0.05) is 17.0 Å². The van der Waals surface area contributed by atoms with Gasteiger partial charge in [0.15, 0.2) is 11.5 Å². The molecule has 0 saturated carbocycles. The van der Waals surface area contributed by atoms with Crippen molar-refractivity contribution < 1.29 is 19.1 Å². The molecular weight excluding hydrogens is 340 g/mol. The summed E-state index contributed by atoms with van der Waals surface area (Å²) in [5.41, 5.74) is 1.80. The summed E-state index contributed by atoms with van der Waals surface area (Å²) in [7, 11) is 0. The molecule has 0 fully saturated rings. The second kappa shape index (κ2) is 5.74. The van der Waals surface area contributed by atoms with Gasteiger partial charge in [-0.3, -0.25) is 14.4 Å². The molecule has 130 valence electrons. The van der Waals surface area contributed by atoms with E-state index in [0.29, 0.717) is 5.56 Å². The SMILES string of the molecule is O=C1CC(c2cccc3ccccc23)C2=C(O1)C(=O)c1ccccc1C2=O. The molecule has 4 nitrogen and oxygen atoms in total. The lowest BCUT2D eigenvalue weighted by Crippen LogP contribution is -2.32. The van der Waals surface area contributed by atoms with Crippen LogP contribution in [0.4, 0.5) is 0 Å². The Labute approximate surface area is 155 Å². The van der Waals surface area contributed by atoms with Crippen molar-refractivity contribution in [3.05, 3.63) is 94.8 Å². The Kier molecular flexibility index (Phi) is 3.34. The van der Waals surface area contributed by atoms with Crippen LogP contribution in [0, 0.1) is 0 Å². The van der Waals surface area contributed by atoms with Crippen molar-refractivity contribution in [2.45, 2.75) is 12.3 Å². The molecule has 0 spiro atoms. The van der Waals surface area contributed by atoms with Crippen LogP contribution in [-0.2, 0) is 9.53 Å². The molecule has 0 saturated heterocycles. The lowest BCUT2D eigenvalue weighted by Gasteiger charge is -2.30. The average Bonchev–Trinajstić information content (AvgIpc) is 2.71. The number of Topliss-reactive ketones (excluding diaryl/α,β-unsaturated/α-hetero) is 2. The van der Waals surface area contributed by atoms with Crippen molar-refractivity contribution in [2.75, 3.05) is 0 Å². The van der Waals surface area contributed by atoms with E-state index < -0.39 is 17.7 Å². The minimum Gasteiger partial charge on any atom is -0.422 e. The fraction of sp³-hybridized carbons (Fsp3) is 0.0870. The number of carbonyl (C=O) groups excluding carboxylic acids is 3. The fourth-order valence-corrected chi connectivity index (χ4v) is 4.03. The maximum atomic E-state index is 13.2. The Balaban J connectivity index is 1.77. The molecule has 0 aromatic heterocycles. The minimum atomic E-state index is -0.503. The van der Waals surface area contributed by atoms with Crippen molar-refractivity contribution in [2.24, 2.45) is 0 Å². The molecule has 3 aromatic carbocycles. The highest BCUT2D eigenvalue weighted by Gasteiger charge is 2.43. The first-order valence-corrected chi connectivity index (χ1v) is 8.76. The van der Waals surface area contributed by atoms with Gasteiger partial charge in [0.25, 0.3) is 0 Å². The molecular formula is C23H14O4. The highest BCUT2D eigenvalue weighted by molar-refractivity contribution is 6.27. The zero-order valence-corrected chi connectivity index (χ0v) is 14.3. The number of carbonyl (C=O) groups is 3. The van der Waals surface area contributed by atoms with E-state index >= 15 is 0 Å². The molecule has 1 atom stereocenters. The third-order valence-corrected chi connectivity index (χ3v) is 5.25. The number of esters is 1. The molecule has 0 bridgehead atoms. The third kappa shape index (κ3) is 2.27. The second-order valence-electron chi connectivity index (χ2n) is 6.75. The Morgan fingerprint density at radius 3 is 2.22 bits per heavy atom. The van der Waals surface area contributed by atoms with Crippen molar-refractivity contribution in [1.29, 1.82) is 0 Å².